The first-order valence-corrected chi connectivity index (χ1v) is 8.65. The smallest absolute Gasteiger partial charge is 0.226 e. The Hall–Kier alpha value is -2.15. The van der Waals surface area contributed by atoms with Gasteiger partial charge in [-0.15, -0.1) is 0 Å². The molecule has 2 heterocycles. The Balaban J connectivity index is 1.67. The lowest BCUT2D eigenvalue weighted by Crippen LogP contribution is -2.34. The zero-order valence-electron chi connectivity index (χ0n) is 14.0. The van der Waals surface area contributed by atoms with E-state index in [1.54, 1.807) is 6.20 Å². The van der Waals surface area contributed by atoms with Crippen molar-refractivity contribution in [2.24, 2.45) is 5.92 Å². The third kappa shape index (κ3) is 4.28. The monoisotopic (exact) mass is 360 g/mol. The van der Waals surface area contributed by atoms with Crippen LogP contribution in [0.15, 0.2) is 42.6 Å². The fourth-order valence-electron chi connectivity index (χ4n) is 2.85. The molecule has 0 saturated carbocycles. The molecular weight excluding hydrogens is 340 g/mol. The molecule has 3 N–H and O–H groups in total. The summed E-state index contributed by atoms with van der Waals surface area (Å²) in [5.74, 6) is 0.380. The molecule has 25 heavy (non-hydrogen) atoms. The highest BCUT2D eigenvalue weighted by atomic mass is 35.5. The van der Waals surface area contributed by atoms with Gasteiger partial charge in [-0.2, -0.15) is 0 Å². The van der Waals surface area contributed by atoms with Gasteiger partial charge in [-0.05, 0) is 36.8 Å². The first-order chi connectivity index (χ1) is 12.2. The summed E-state index contributed by atoms with van der Waals surface area (Å²) in [6.07, 6.45) is 1.71. The van der Waals surface area contributed by atoms with Crippen LogP contribution >= 0.6 is 11.6 Å². The predicted octanol–water partition coefficient (Wildman–Crippen LogP) is 2.22. The molecule has 3 rings (SSSR count). The van der Waals surface area contributed by atoms with Crippen molar-refractivity contribution in [3.63, 3.8) is 0 Å². The lowest BCUT2D eigenvalue weighted by atomic mass is 9.94. The maximum atomic E-state index is 12.6. The molecule has 1 aliphatic rings. The van der Waals surface area contributed by atoms with Crippen molar-refractivity contribution in [1.82, 2.24) is 21.2 Å². The number of benzene rings is 1. The number of carbonyl (C=O) groups is 1. The largest absolute Gasteiger partial charge is 0.492 e. The molecular formula is C18H21ClN4O2. The number of carbonyl (C=O) groups excluding carboxylic acids is 1. The third-order valence-corrected chi connectivity index (χ3v) is 4.40. The molecule has 6 nitrogen and oxygen atoms in total. The number of nitrogens with one attached hydrogen (secondary N) is 3. The van der Waals surface area contributed by atoms with Gasteiger partial charge in [-0.1, -0.05) is 23.7 Å². The number of pyridine rings is 1. The number of halogens is 1. The average Bonchev–Trinajstić information content (AvgIpc) is 3.12. The lowest BCUT2D eigenvalue weighted by Gasteiger charge is -2.19. The molecule has 0 aliphatic carbocycles. The van der Waals surface area contributed by atoms with Crippen LogP contribution in [0.3, 0.4) is 0 Å². The highest BCUT2D eigenvalue weighted by molar-refractivity contribution is 6.32. The highest BCUT2D eigenvalue weighted by Crippen LogP contribution is 2.32. The summed E-state index contributed by atoms with van der Waals surface area (Å²) in [6, 6.07) is 11.1. The summed E-state index contributed by atoms with van der Waals surface area (Å²) in [6.45, 7) is 3.42. The fourth-order valence-corrected chi connectivity index (χ4v) is 3.10. The van der Waals surface area contributed by atoms with Gasteiger partial charge in [0, 0.05) is 12.7 Å². The van der Waals surface area contributed by atoms with E-state index < -0.39 is 0 Å². The van der Waals surface area contributed by atoms with Gasteiger partial charge >= 0.3 is 0 Å². The van der Waals surface area contributed by atoms with Crippen LogP contribution in [0.4, 0.5) is 0 Å². The molecule has 1 saturated heterocycles. The van der Waals surface area contributed by atoms with Crippen molar-refractivity contribution in [1.29, 1.82) is 0 Å². The van der Waals surface area contributed by atoms with E-state index >= 15 is 0 Å². The molecule has 0 bridgehead atoms. The molecule has 1 fully saturated rings. The van der Waals surface area contributed by atoms with Crippen molar-refractivity contribution in [3.8, 4) is 5.75 Å². The van der Waals surface area contributed by atoms with E-state index in [0.717, 1.165) is 11.3 Å². The maximum absolute atomic E-state index is 12.6. The Bertz CT molecular complexity index is 726. The van der Waals surface area contributed by atoms with Crippen LogP contribution in [0, 0.1) is 5.92 Å². The van der Waals surface area contributed by atoms with Crippen LogP contribution in [-0.4, -0.2) is 24.0 Å². The quantitative estimate of drug-likeness (QED) is 0.736. The van der Waals surface area contributed by atoms with Gasteiger partial charge in [0.05, 0.1) is 35.8 Å². The zero-order valence-corrected chi connectivity index (χ0v) is 14.7. The minimum atomic E-state index is -0.238. The van der Waals surface area contributed by atoms with Gasteiger partial charge in [0.1, 0.15) is 5.75 Å². The van der Waals surface area contributed by atoms with Gasteiger partial charge in [0.15, 0.2) is 0 Å². The van der Waals surface area contributed by atoms with Crippen LogP contribution in [0.1, 0.15) is 24.2 Å². The molecule has 1 amide bonds. The Morgan fingerprint density at radius 1 is 1.40 bits per heavy atom. The molecule has 1 aliphatic heterocycles. The van der Waals surface area contributed by atoms with Crippen LogP contribution in [-0.2, 0) is 11.3 Å². The summed E-state index contributed by atoms with van der Waals surface area (Å²) in [4.78, 5) is 16.8. The van der Waals surface area contributed by atoms with Gasteiger partial charge < -0.3 is 10.1 Å². The zero-order chi connectivity index (χ0) is 17.6. The number of amides is 1. The summed E-state index contributed by atoms with van der Waals surface area (Å²) >= 11 is 6.27. The van der Waals surface area contributed by atoms with Gasteiger partial charge in [-0.25, -0.2) is 5.43 Å². The topological polar surface area (TPSA) is 75.3 Å². The van der Waals surface area contributed by atoms with Crippen molar-refractivity contribution in [2.45, 2.75) is 19.5 Å². The summed E-state index contributed by atoms with van der Waals surface area (Å²) in [5, 5.41) is 3.49. The van der Waals surface area contributed by atoms with Crippen LogP contribution < -0.4 is 20.9 Å². The van der Waals surface area contributed by atoms with E-state index in [1.165, 1.54) is 0 Å². The van der Waals surface area contributed by atoms with Gasteiger partial charge in [0.2, 0.25) is 5.91 Å². The SMILES string of the molecule is CCOc1ccc(C2NNCC2C(=O)NCc2ccccn2)cc1Cl. The summed E-state index contributed by atoms with van der Waals surface area (Å²) in [5.41, 5.74) is 7.98. The third-order valence-electron chi connectivity index (χ3n) is 4.10. The summed E-state index contributed by atoms with van der Waals surface area (Å²) < 4.78 is 5.46. The predicted molar refractivity (Wildman–Crippen MR) is 96.1 cm³/mol. The van der Waals surface area contributed by atoms with E-state index in [0.29, 0.717) is 30.5 Å². The van der Waals surface area contributed by atoms with E-state index in [4.69, 9.17) is 16.3 Å². The van der Waals surface area contributed by atoms with Gasteiger partial charge in [0.25, 0.3) is 0 Å². The fraction of sp³-hybridized carbons (Fsp3) is 0.333. The molecule has 0 radical (unpaired) electrons. The molecule has 1 aromatic carbocycles. The Kier molecular flexibility index (Phi) is 5.86. The number of hydrogen-bond acceptors (Lipinski definition) is 5. The Labute approximate surface area is 151 Å². The minimum Gasteiger partial charge on any atom is -0.492 e. The van der Waals surface area contributed by atoms with E-state index in [9.17, 15) is 4.79 Å². The Morgan fingerprint density at radius 2 is 2.28 bits per heavy atom. The van der Waals surface area contributed by atoms with E-state index in [2.05, 4.69) is 21.2 Å². The normalized spacial score (nSPS) is 19.6. The lowest BCUT2D eigenvalue weighted by molar-refractivity contribution is -0.125. The molecule has 7 heteroatoms. The van der Waals surface area contributed by atoms with Crippen molar-refractivity contribution < 1.29 is 9.53 Å². The van der Waals surface area contributed by atoms with E-state index in [-0.39, 0.29) is 17.9 Å². The number of hydrogen-bond donors (Lipinski definition) is 3. The number of aromatic nitrogens is 1. The minimum absolute atomic E-state index is 0.0295. The molecule has 0 spiro atoms. The Morgan fingerprint density at radius 3 is 3.00 bits per heavy atom. The van der Waals surface area contributed by atoms with E-state index in [1.807, 2.05) is 43.3 Å². The number of ether oxygens (including phenoxy) is 1. The first-order valence-electron chi connectivity index (χ1n) is 8.27. The number of rotatable bonds is 6. The highest BCUT2D eigenvalue weighted by Gasteiger charge is 2.34. The second-order valence-corrected chi connectivity index (χ2v) is 6.18. The maximum Gasteiger partial charge on any atom is 0.226 e. The molecule has 2 unspecified atom stereocenters. The van der Waals surface area contributed by atoms with Crippen LogP contribution in [0.25, 0.3) is 0 Å². The molecule has 132 valence electrons. The molecule has 2 atom stereocenters. The standard InChI is InChI=1S/C18H21ClN4O2/c1-2-25-16-7-6-12(9-15(16)19)17-14(11-22-23-17)18(24)21-10-13-5-3-4-8-20-13/h3-9,14,17,22-23H,2,10-11H2,1H3,(H,21,24). The van der Waals surface area contributed by atoms with Crippen molar-refractivity contribution >= 4 is 17.5 Å². The summed E-state index contributed by atoms with van der Waals surface area (Å²) in [7, 11) is 0. The van der Waals surface area contributed by atoms with Crippen LogP contribution in [0.5, 0.6) is 5.75 Å². The van der Waals surface area contributed by atoms with Gasteiger partial charge in [-0.3, -0.25) is 15.2 Å². The number of nitrogens with zero attached hydrogens (tertiary/aromatic N) is 1. The average molecular weight is 361 g/mol. The van der Waals surface area contributed by atoms with Crippen molar-refractivity contribution in [3.05, 3.63) is 58.9 Å². The second-order valence-electron chi connectivity index (χ2n) is 5.77. The second kappa shape index (κ2) is 8.29. The van der Waals surface area contributed by atoms with Crippen LogP contribution in [0.2, 0.25) is 5.02 Å². The molecule has 1 aromatic heterocycles. The number of hydrazine groups is 1. The molecule has 2 aromatic rings. The van der Waals surface area contributed by atoms with Crippen molar-refractivity contribution in [2.75, 3.05) is 13.2 Å². The first kappa shape index (κ1) is 17.7.